The topological polar surface area (TPSA) is 51.6 Å². The zero-order valence-corrected chi connectivity index (χ0v) is 13.5. The third kappa shape index (κ3) is 4.36. The molecule has 0 spiro atoms. The minimum Gasteiger partial charge on any atom is -0.253 e. The Morgan fingerprint density at radius 1 is 0.800 bits per heavy atom. The van der Waals surface area contributed by atoms with E-state index in [2.05, 4.69) is 19.6 Å². The number of hydrogen-bond donors (Lipinski definition) is 0. The fourth-order valence-corrected chi connectivity index (χ4v) is 2.50. The summed E-state index contributed by atoms with van der Waals surface area (Å²) in [5, 5.41) is 5.45. The maximum absolute atomic E-state index is 12.2. The van der Waals surface area contributed by atoms with Crippen molar-refractivity contribution in [1.29, 1.82) is 0 Å². The summed E-state index contributed by atoms with van der Waals surface area (Å²) in [5.74, 6) is 0. The predicted molar refractivity (Wildman–Crippen MR) is 89.9 cm³/mol. The summed E-state index contributed by atoms with van der Waals surface area (Å²) in [4.78, 5) is 8.24. The van der Waals surface area contributed by atoms with Gasteiger partial charge in [0.2, 0.25) is 0 Å². The molecule has 0 unspecified atom stereocenters. The van der Waals surface area contributed by atoms with Crippen molar-refractivity contribution in [3.8, 4) is 11.3 Å². The molecule has 0 amide bonds. The molecule has 25 heavy (non-hydrogen) atoms. The monoisotopic (exact) mass is 360 g/mol. The average Bonchev–Trinajstić information content (AvgIpc) is 3.16. The number of halogens is 3. The van der Waals surface area contributed by atoms with Crippen LogP contribution < -0.4 is 0 Å². The van der Waals surface area contributed by atoms with Gasteiger partial charge in [0.05, 0.1) is 16.6 Å². The smallest absolute Gasteiger partial charge is 0.253 e. The number of para-hydroxylation sites is 2. The fourth-order valence-electron chi connectivity index (χ4n) is 2.03. The van der Waals surface area contributed by atoms with E-state index < -0.39 is 11.7 Å². The zero-order chi connectivity index (χ0) is 17.7. The normalized spacial score (nSPS) is 11.0. The van der Waals surface area contributed by atoms with E-state index in [9.17, 15) is 13.2 Å². The van der Waals surface area contributed by atoms with Gasteiger partial charge in [-0.2, -0.15) is 13.2 Å². The molecule has 0 fully saturated rings. The largest absolute Gasteiger partial charge is 0.416 e. The second-order valence-electron chi connectivity index (χ2n) is 4.91. The number of hydrogen-bond acceptors (Lipinski definition) is 5. The van der Waals surface area contributed by atoms with Crippen LogP contribution in [0.1, 0.15) is 5.56 Å². The standard InChI is InChI=1S/C9H5F3N2S.C8H6N2/c10-9(11,12)7-3-1-6(2-4-7)8-5-15-14-13-8;1-2-4-8-7(3-1)9-5-6-10-8/h1-5H;1-6H. The first-order valence-corrected chi connectivity index (χ1v) is 7.98. The van der Waals surface area contributed by atoms with Crippen molar-refractivity contribution >= 4 is 22.6 Å². The van der Waals surface area contributed by atoms with Crippen molar-refractivity contribution < 1.29 is 13.2 Å². The SMILES string of the molecule is FC(F)(F)c1ccc(-c2csnn2)cc1.c1ccc2nccnc2c1. The van der Waals surface area contributed by atoms with Crippen molar-refractivity contribution in [2.45, 2.75) is 6.18 Å². The van der Waals surface area contributed by atoms with Crippen molar-refractivity contribution in [2.75, 3.05) is 0 Å². The summed E-state index contributed by atoms with van der Waals surface area (Å²) < 4.78 is 40.3. The van der Waals surface area contributed by atoms with Crippen LogP contribution in [-0.4, -0.2) is 19.6 Å². The van der Waals surface area contributed by atoms with Gasteiger partial charge >= 0.3 is 6.18 Å². The van der Waals surface area contributed by atoms with Crippen LogP contribution in [0.4, 0.5) is 13.2 Å². The summed E-state index contributed by atoms with van der Waals surface area (Å²) in [5.41, 5.74) is 2.47. The van der Waals surface area contributed by atoms with Gasteiger partial charge < -0.3 is 0 Å². The maximum Gasteiger partial charge on any atom is 0.416 e. The average molecular weight is 360 g/mol. The third-order valence-electron chi connectivity index (χ3n) is 3.24. The van der Waals surface area contributed by atoms with Gasteiger partial charge in [-0.1, -0.05) is 28.8 Å². The highest BCUT2D eigenvalue weighted by atomic mass is 32.1. The summed E-state index contributed by atoms with van der Waals surface area (Å²) >= 11 is 1.16. The first-order valence-electron chi connectivity index (χ1n) is 7.14. The molecule has 4 aromatic rings. The molecular weight excluding hydrogens is 349 g/mol. The van der Waals surface area contributed by atoms with Crippen LogP contribution in [0.2, 0.25) is 0 Å². The predicted octanol–water partition coefficient (Wildman–Crippen LogP) is 4.85. The first kappa shape index (κ1) is 17.0. The molecule has 4 nitrogen and oxygen atoms in total. The number of aromatic nitrogens is 4. The molecule has 8 heteroatoms. The van der Waals surface area contributed by atoms with E-state index in [1.54, 1.807) is 17.8 Å². The molecule has 0 aliphatic heterocycles. The number of benzene rings is 2. The Kier molecular flexibility index (Phi) is 4.99. The van der Waals surface area contributed by atoms with E-state index in [1.165, 1.54) is 12.1 Å². The highest BCUT2D eigenvalue weighted by Gasteiger charge is 2.29. The van der Waals surface area contributed by atoms with Gasteiger partial charge in [0.1, 0.15) is 5.69 Å². The molecule has 0 aliphatic carbocycles. The van der Waals surface area contributed by atoms with Gasteiger partial charge in [-0.25, -0.2) is 0 Å². The molecule has 126 valence electrons. The lowest BCUT2D eigenvalue weighted by molar-refractivity contribution is -0.137. The molecule has 2 aromatic heterocycles. The summed E-state index contributed by atoms with van der Waals surface area (Å²) in [7, 11) is 0. The lowest BCUT2D eigenvalue weighted by Crippen LogP contribution is -2.03. The second-order valence-corrected chi connectivity index (χ2v) is 5.52. The highest BCUT2D eigenvalue weighted by Crippen LogP contribution is 2.30. The molecule has 0 saturated carbocycles. The lowest BCUT2D eigenvalue weighted by Gasteiger charge is -2.06. The van der Waals surface area contributed by atoms with Crippen molar-refractivity contribution in [3.63, 3.8) is 0 Å². The van der Waals surface area contributed by atoms with Crippen LogP contribution in [0.5, 0.6) is 0 Å². The van der Waals surface area contributed by atoms with E-state index in [4.69, 9.17) is 0 Å². The second kappa shape index (κ2) is 7.35. The molecule has 0 aliphatic rings. The van der Waals surface area contributed by atoms with Gasteiger partial charge in [0.25, 0.3) is 0 Å². The summed E-state index contributed by atoms with van der Waals surface area (Å²) in [6, 6.07) is 12.7. The van der Waals surface area contributed by atoms with Gasteiger partial charge in [-0.15, -0.1) is 5.10 Å². The van der Waals surface area contributed by atoms with E-state index in [0.29, 0.717) is 11.3 Å². The number of fused-ring (bicyclic) bond motifs is 1. The maximum atomic E-state index is 12.2. The minimum atomic E-state index is -4.29. The Morgan fingerprint density at radius 2 is 1.40 bits per heavy atom. The van der Waals surface area contributed by atoms with Crippen molar-refractivity contribution in [3.05, 3.63) is 71.9 Å². The van der Waals surface area contributed by atoms with Crippen molar-refractivity contribution in [2.24, 2.45) is 0 Å². The molecule has 0 saturated heterocycles. The Hall–Kier alpha value is -2.87. The van der Waals surface area contributed by atoms with Crippen molar-refractivity contribution in [1.82, 2.24) is 19.6 Å². The van der Waals surface area contributed by atoms with E-state index >= 15 is 0 Å². The number of rotatable bonds is 1. The van der Waals surface area contributed by atoms with Gasteiger partial charge in [-0.05, 0) is 35.8 Å². The summed E-state index contributed by atoms with van der Waals surface area (Å²) in [6.45, 7) is 0. The molecular formula is C17H11F3N4S. The van der Waals surface area contributed by atoms with Gasteiger partial charge in [0, 0.05) is 23.3 Å². The number of nitrogens with zero attached hydrogens (tertiary/aromatic N) is 4. The van der Waals surface area contributed by atoms with Crippen LogP contribution in [0.15, 0.2) is 66.3 Å². The van der Waals surface area contributed by atoms with Crippen LogP contribution in [0, 0.1) is 0 Å². The molecule has 2 heterocycles. The quantitative estimate of drug-likeness (QED) is 0.487. The van der Waals surface area contributed by atoms with Crippen LogP contribution in [0.25, 0.3) is 22.3 Å². The molecule has 0 atom stereocenters. The highest BCUT2D eigenvalue weighted by molar-refractivity contribution is 7.03. The molecule has 2 aromatic carbocycles. The van der Waals surface area contributed by atoms with Crippen LogP contribution in [-0.2, 0) is 6.18 Å². The Morgan fingerprint density at radius 3 is 1.88 bits per heavy atom. The molecule has 0 bridgehead atoms. The Balaban J connectivity index is 0.000000157. The van der Waals surface area contributed by atoms with E-state index in [0.717, 1.165) is 34.7 Å². The molecule has 0 radical (unpaired) electrons. The zero-order valence-electron chi connectivity index (χ0n) is 12.7. The lowest BCUT2D eigenvalue weighted by atomic mass is 10.1. The molecule has 0 N–H and O–H groups in total. The van der Waals surface area contributed by atoms with E-state index in [-0.39, 0.29) is 0 Å². The number of alkyl halides is 3. The minimum absolute atomic E-state index is 0.591. The Bertz CT molecular complexity index is 873. The third-order valence-corrected chi connectivity index (χ3v) is 3.75. The Labute approximate surface area is 145 Å². The summed E-state index contributed by atoms with van der Waals surface area (Å²) in [6.07, 6.45) is -0.899. The van der Waals surface area contributed by atoms with Gasteiger partial charge in [-0.3, -0.25) is 9.97 Å². The molecule has 4 rings (SSSR count). The van der Waals surface area contributed by atoms with E-state index in [1.807, 2.05) is 24.3 Å². The fraction of sp³-hybridized carbons (Fsp3) is 0.0588. The van der Waals surface area contributed by atoms with Crippen LogP contribution >= 0.6 is 11.5 Å². The van der Waals surface area contributed by atoms with Gasteiger partial charge in [0.15, 0.2) is 0 Å². The first-order chi connectivity index (χ1) is 12.0. The van der Waals surface area contributed by atoms with Crippen LogP contribution in [0.3, 0.4) is 0 Å².